The first kappa shape index (κ1) is 16.0. The number of hydrogen-bond donors (Lipinski definition) is 1. The Kier molecular flexibility index (Phi) is 4.20. The maximum Gasteiger partial charge on any atom is 0.329 e. The number of para-hydroxylation sites is 2. The molecule has 6 heteroatoms. The molecule has 0 fully saturated rings. The van der Waals surface area contributed by atoms with E-state index < -0.39 is 11.7 Å². The molecule has 1 aromatic heterocycles. The topological polar surface area (TPSA) is 56.0 Å². The van der Waals surface area contributed by atoms with Crippen LogP contribution in [0.4, 0.5) is 10.1 Å². The van der Waals surface area contributed by atoms with Crippen LogP contribution in [0.2, 0.25) is 0 Å². The molecule has 0 aliphatic heterocycles. The lowest BCUT2D eigenvalue weighted by atomic mass is 10.2. The normalized spacial score (nSPS) is 11.0. The summed E-state index contributed by atoms with van der Waals surface area (Å²) in [5.41, 5.74) is 2.09. The van der Waals surface area contributed by atoms with Gasteiger partial charge in [0.05, 0.1) is 16.7 Å². The fourth-order valence-corrected chi connectivity index (χ4v) is 2.79. The average molecular weight is 327 g/mol. The summed E-state index contributed by atoms with van der Waals surface area (Å²) in [6.45, 7) is 3.99. The van der Waals surface area contributed by atoms with E-state index in [2.05, 4.69) is 5.32 Å². The van der Waals surface area contributed by atoms with Gasteiger partial charge in [-0.1, -0.05) is 18.2 Å². The second-order valence-corrected chi connectivity index (χ2v) is 5.63. The number of aromatic nitrogens is 2. The first-order valence-electron chi connectivity index (χ1n) is 7.75. The Labute approximate surface area is 138 Å². The lowest BCUT2D eigenvalue weighted by Crippen LogP contribution is -2.29. The van der Waals surface area contributed by atoms with Crippen molar-refractivity contribution in [2.75, 3.05) is 5.32 Å². The standard InChI is InChI=1S/C18H18FN3O2/c1-3-21-15-6-4-5-7-16(15)22(18(21)24)11-17(23)20-14-9-8-12(2)10-13(14)19/h4-10H,3,11H2,1-2H3,(H,20,23). The van der Waals surface area contributed by atoms with Gasteiger partial charge in [-0.15, -0.1) is 0 Å². The predicted molar refractivity (Wildman–Crippen MR) is 91.6 cm³/mol. The molecule has 0 aliphatic rings. The Balaban J connectivity index is 1.91. The molecule has 3 aromatic rings. The summed E-state index contributed by atoms with van der Waals surface area (Å²) in [4.78, 5) is 24.8. The molecule has 0 bridgehead atoms. The quantitative estimate of drug-likeness (QED) is 0.801. The van der Waals surface area contributed by atoms with Gasteiger partial charge in [-0.25, -0.2) is 9.18 Å². The molecule has 1 heterocycles. The zero-order valence-corrected chi connectivity index (χ0v) is 13.5. The van der Waals surface area contributed by atoms with Crippen LogP contribution in [0.3, 0.4) is 0 Å². The first-order valence-corrected chi connectivity index (χ1v) is 7.75. The highest BCUT2D eigenvalue weighted by molar-refractivity contribution is 5.91. The predicted octanol–water partition coefficient (Wildman–Crippen LogP) is 2.91. The van der Waals surface area contributed by atoms with Crippen molar-refractivity contribution in [3.63, 3.8) is 0 Å². The van der Waals surface area contributed by atoms with Gasteiger partial charge < -0.3 is 5.32 Å². The van der Waals surface area contributed by atoms with Gasteiger partial charge in [0.2, 0.25) is 5.91 Å². The van der Waals surface area contributed by atoms with E-state index in [1.54, 1.807) is 23.6 Å². The Hall–Kier alpha value is -2.89. The molecular weight excluding hydrogens is 309 g/mol. The van der Waals surface area contributed by atoms with E-state index in [-0.39, 0.29) is 17.9 Å². The van der Waals surface area contributed by atoms with Crippen molar-refractivity contribution < 1.29 is 9.18 Å². The van der Waals surface area contributed by atoms with Gasteiger partial charge in [-0.05, 0) is 43.7 Å². The molecular formula is C18H18FN3O2. The van der Waals surface area contributed by atoms with Gasteiger partial charge in [0.15, 0.2) is 0 Å². The fourth-order valence-electron chi connectivity index (χ4n) is 2.79. The third-order valence-corrected chi connectivity index (χ3v) is 3.94. The molecule has 0 saturated carbocycles. The maximum absolute atomic E-state index is 13.9. The van der Waals surface area contributed by atoms with Crippen molar-refractivity contribution in [3.8, 4) is 0 Å². The van der Waals surface area contributed by atoms with Crippen molar-refractivity contribution in [1.82, 2.24) is 9.13 Å². The van der Waals surface area contributed by atoms with Gasteiger partial charge in [-0.2, -0.15) is 0 Å². The maximum atomic E-state index is 13.9. The fraction of sp³-hybridized carbons (Fsp3) is 0.222. The summed E-state index contributed by atoms with van der Waals surface area (Å²) in [7, 11) is 0. The number of nitrogens with one attached hydrogen (secondary N) is 1. The highest BCUT2D eigenvalue weighted by atomic mass is 19.1. The van der Waals surface area contributed by atoms with Crippen LogP contribution in [0.1, 0.15) is 12.5 Å². The average Bonchev–Trinajstić information content (AvgIpc) is 2.82. The third-order valence-electron chi connectivity index (χ3n) is 3.94. The number of rotatable bonds is 4. The zero-order chi connectivity index (χ0) is 17.3. The van der Waals surface area contributed by atoms with Crippen LogP contribution in [0.25, 0.3) is 11.0 Å². The minimum absolute atomic E-state index is 0.109. The van der Waals surface area contributed by atoms with Crippen LogP contribution < -0.4 is 11.0 Å². The first-order chi connectivity index (χ1) is 11.5. The Bertz CT molecular complexity index is 972. The van der Waals surface area contributed by atoms with Crippen molar-refractivity contribution in [2.45, 2.75) is 26.9 Å². The van der Waals surface area contributed by atoms with E-state index in [4.69, 9.17) is 0 Å². The number of nitrogens with zero attached hydrogens (tertiary/aromatic N) is 2. The van der Waals surface area contributed by atoms with Gasteiger partial charge in [0.25, 0.3) is 0 Å². The van der Waals surface area contributed by atoms with Crippen molar-refractivity contribution >= 4 is 22.6 Å². The molecule has 0 atom stereocenters. The van der Waals surface area contributed by atoms with Gasteiger partial charge in [-0.3, -0.25) is 13.9 Å². The van der Waals surface area contributed by atoms with E-state index in [0.29, 0.717) is 12.1 Å². The molecule has 24 heavy (non-hydrogen) atoms. The highest BCUT2D eigenvalue weighted by Crippen LogP contribution is 2.16. The molecule has 0 aliphatic carbocycles. The number of fused-ring (bicyclic) bond motifs is 1. The number of anilines is 1. The van der Waals surface area contributed by atoms with E-state index >= 15 is 0 Å². The summed E-state index contributed by atoms with van der Waals surface area (Å²) in [5.74, 6) is -0.939. The lowest BCUT2D eigenvalue weighted by Gasteiger charge is -2.08. The van der Waals surface area contributed by atoms with E-state index in [0.717, 1.165) is 11.1 Å². The van der Waals surface area contributed by atoms with Crippen LogP contribution >= 0.6 is 0 Å². The van der Waals surface area contributed by atoms with Crippen LogP contribution in [0, 0.1) is 12.7 Å². The van der Waals surface area contributed by atoms with Gasteiger partial charge in [0.1, 0.15) is 12.4 Å². The van der Waals surface area contributed by atoms with Crippen molar-refractivity contribution in [3.05, 3.63) is 64.3 Å². The molecule has 124 valence electrons. The number of carbonyl (C=O) groups is 1. The smallest absolute Gasteiger partial charge is 0.322 e. The number of imidazole rings is 1. The van der Waals surface area contributed by atoms with Gasteiger partial charge >= 0.3 is 5.69 Å². The zero-order valence-electron chi connectivity index (χ0n) is 13.5. The van der Waals surface area contributed by atoms with Crippen molar-refractivity contribution in [2.24, 2.45) is 0 Å². The minimum Gasteiger partial charge on any atom is -0.322 e. The molecule has 0 saturated heterocycles. The van der Waals surface area contributed by atoms with E-state index in [9.17, 15) is 14.0 Å². The van der Waals surface area contributed by atoms with Crippen molar-refractivity contribution in [1.29, 1.82) is 0 Å². The van der Waals surface area contributed by atoms with Crippen LogP contribution in [-0.2, 0) is 17.9 Å². The Morgan fingerprint density at radius 3 is 2.42 bits per heavy atom. The highest BCUT2D eigenvalue weighted by Gasteiger charge is 2.15. The second kappa shape index (κ2) is 6.31. The number of carbonyl (C=O) groups excluding carboxylic acids is 1. The summed E-state index contributed by atoms with van der Waals surface area (Å²) >= 11 is 0. The number of halogens is 1. The molecule has 2 aromatic carbocycles. The Morgan fingerprint density at radius 1 is 1.12 bits per heavy atom. The number of benzene rings is 2. The van der Waals surface area contributed by atoms with Crippen LogP contribution in [0.5, 0.6) is 0 Å². The number of amides is 1. The molecule has 5 nitrogen and oxygen atoms in total. The summed E-state index contributed by atoms with van der Waals surface area (Å²) < 4.78 is 16.9. The molecule has 0 radical (unpaired) electrons. The summed E-state index contributed by atoms with van der Waals surface area (Å²) in [6, 6.07) is 11.9. The minimum atomic E-state index is -0.494. The van der Waals surface area contributed by atoms with Crippen LogP contribution in [-0.4, -0.2) is 15.0 Å². The second-order valence-electron chi connectivity index (χ2n) is 5.63. The van der Waals surface area contributed by atoms with E-state index in [1.807, 2.05) is 25.1 Å². The summed E-state index contributed by atoms with van der Waals surface area (Å²) in [6.07, 6.45) is 0. The van der Waals surface area contributed by atoms with Crippen LogP contribution in [0.15, 0.2) is 47.3 Å². The summed E-state index contributed by atoms with van der Waals surface area (Å²) in [5, 5.41) is 2.52. The van der Waals surface area contributed by atoms with E-state index in [1.165, 1.54) is 16.7 Å². The monoisotopic (exact) mass is 327 g/mol. The van der Waals surface area contributed by atoms with Gasteiger partial charge in [0, 0.05) is 6.54 Å². The molecule has 0 spiro atoms. The Morgan fingerprint density at radius 2 is 1.79 bits per heavy atom. The molecule has 1 amide bonds. The number of hydrogen-bond acceptors (Lipinski definition) is 2. The molecule has 1 N–H and O–H groups in total. The lowest BCUT2D eigenvalue weighted by molar-refractivity contribution is -0.116. The third kappa shape index (κ3) is 2.82. The molecule has 3 rings (SSSR count). The number of aryl methyl sites for hydroxylation is 2. The largest absolute Gasteiger partial charge is 0.329 e. The SMILES string of the molecule is CCn1c(=O)n(CC(=O)Nc2ccc(C)cc2F)c2ccccc21. The molecule has 0 unspecified atom stereocenters.